The van der Waals surface area contributed by atoms with Crippen LogP contribution in [-0.4, -0.2) is 86.9 Å². The van der Waals surface area contributed by atoms with Gasteiger partial charge in [0.05, 0.1) is 41.3 Å². The molecule has 0 aliphatic carbocycles. The fraction of sp³-hybridized carbons (Fsp3) is 0.536. The van der Waals surface area contributed by atoms with Crippen molar-refractivity contribution in [3.63, 3.8) is 0 Å². The van der Waals surface area contributed by atoms with Crippen LogP contribution in [0.3, 0.4) is 0 Å². The summed E-state index contributed by atoms with van der Waals surface area (Å²) in [7, 11) is 8.38. The van der Waals surface area contributed by atoms with E-state index < -0.39 is 0 Å². The summed E-state index contributed by atoms with van der Waals surface area (Å²) in [5, 5.41) is 0. The summed E-state index contributed by atoms with van der Waals surface area (Å²) in [6.45, 7) is 9.68. The Morgan fingerprint density at radius 3 is 1.74 bits per heavy atom. The van der Waals surface area contributed by atoms with E-state index in [9.17, 15) is 13.6 Å². The highest BCUT2D eigenvalue weighted by atomic mass is 19.1. The Hall–Kier alpha value is -2.15. The molecule has 1 heterocycles. The van der Waals surface area contributed by atoms with Gasteiger partial charge in [0.25, 0.3) is 0 Å². The first-order valence-electron chi connectivity index (χ1n) is 12.4. The monoisotopic (exact) mass is 474 g/mol. The van der Waals surface area contributed by atoms with E-state index >= 15 is 0 Å². The van der Waals surface area contributed by atoms with Crippen LogP contribution >= 0.6 is 0 Å². The summed E-state index contributed by atoms with van der Waals surface area (Å²) in [5.74, 6) is -0.505. The molecule has 6 heteroatoms. The topological polar surface area (TPSA) is 17.1 Å². The van der Waals surface area contributed by atoms with Crippen molar-refractivity contribution >= 4 is 6.03 Å². The number of carbonyl (C=O) groups is 1. The number of urea groups is 1. The Bertz CT molecular complexity index is 932. The van der Waals surface area contributed by atoms with E-state index in [2.05, 4.69) is 27.9 Å². The average Bonchev–Trinajstić information content (AvgIpc) is 2.81. The SMILES string of the molecule is CC[N+](C)(C)C(=O)[N+]1(C)CC[N+](C)(CCCC(C)(c2ccc(F)cc2)c2ccc(F)cc2)CC1. The zero-order valence-corrected chi connectivity index (χ0v) is 21.8. The smallest absolute Gasteiger partial charge is 0.317 e. The van der Waals surface area contributed by atoms with Crippen molar-refractivity contribution in [3.05, 3.63) is 71.3 Å². The van der Waals surface area contributed by atoms with Crippen LogP contribution in [0.5, 0.6) is 0 Å². The Morgan fingerprint density at radius 2 is 1.32 bits per heavy atom. The highest BCUT2D eigenvalue weighted by molar-refractivity contribution is 5.58. The van der Waals surface area contributed by atoms with Gasteiger partial charge in [-0.05, 0) is 55.2 Å². The predicted molar refractivity (Wildman–Crippen MR) is 133 cm³/mol. The number of halogens is 2. The molecule has 2 aromatic carbocycles. The Kier molecular flexibility index (Phi) is 7.66. The molecule has 2 aromatic rings. The molecule has 186 valence electrons. The lowest BCUT2D eigenvalue weighted by atomic mass is 9.73. The fourth-order valence-electron chi connectivity index (χ4n) is 5.26. The van der Waals surface area contributed by atoms with Gasteiger partial charge < -0.3 is 4.48 Å². The van der Waals surface area contributed by atoms with Gasteiger partial charge in [-0.25, -0.2) is 13.3 Å². The molecule has 0 saturated carbocycles. The highest BCUT2D eigenvalue weighted by Gasteiger charge is 2.49. The number of amides is 2. The van der Waals surface area contributed by atoms with Crippen LogP contribution in [-0.2, 0) is 5.41 Å². The van der Waals surface area contributed by atoms with Crippen molar-refractivity contribution in [3.8, 4) is 0 Å². The molecule has 0 aromatic heterocycles. The minimum atomic E-state index is -0.334. The van der Waals surface area contributed by atoms with Crippen LogP contribution < -0.4 is 0 Å². The molecular formula is C28H42F2N3O+3. The number of hydrogen-bond acceptors (Lipinski definition) is 1. The maximum Gasteiger partial charge on any atom is 0.513 e. The highest BCUT2D eigenvalue weighted by Crippen LogP contribution is 2.37. The second-order valence-electron chi connectivity index (χ2n) is 11.4. The number of benzene rings is 2. The van der Waals surface area contributed by atoms with Gasteiger partial charge in [0.1, 0.15) is 37.8 Å². The summed E-state index contributed by atoms with van der Waals surface area (Å²) in [4.78, 5) is 13.2. The second kappa shape index (κ2) is 9.84. The molecule has 1 aliphatic heterocycles. The average molecular weight is 475 g/mol. The van der Waals surface area contributed by atoms with Crippen LogP contribution in [0.15, 0.2) is 48.5 Å². The van der Waals surface area contributed by atoms with Gasteiger partial charge in [-0.1, -0.05) is 31.2 Å². The fourth-order valence-corrected chi connectivity index (χ4v) is 5.26. The molecule has 1 aliphatic rings. The maximum atomic E-state index is 13.6. The minimum absolute atomic E-state index is 0.253. The van der Waals surface area contributed by atoms with E-state index in [1.807, 2.05) is 38.4 Å². The van der Waals surface area contributed by atoms with Crippen molar-refractivity contribution in [1.82, 2.24) is 0 Å². The van der Waals surface area contributed by atoms with Crippen molar-refractivity contribution < 1.29 is 27.0 Å². The van der Waals surface area contributed by atoms with Gasteiger partial charge in [-0.2, -0.15) is 9.28 Å². The van der Waals surface area contributed by atoms with E-state index in [0.29, 0.717) is 8.97 Å². The number of hydrogen-bond donors (Lipinski definition) is 0. The van der Waals surface area contributed by atoms with E-state index in [1.54, 1.807) is 0 Å². The van der Waals surface area contributed by atoms with Crippen molar-refractivity contribution in [2.45, 2.75) is 32.1 Å². The molecule has 0 radical (unpaired) electrons. The molecule has 0 spiro atoms. The molecule has 3 rings (SSSR count). The van der Waals surface area contributed by atoms with Gasteiger partial charge in [-0.3, -0.25) is 0 Å². The van der Waals surface area contributed by atoms with E-state index in [1.165, 1.54) is 24.3 Å². The maximum absolute atomic E-state index is 13.6. The lowest BCUT2D eigenvalue weighted by molar-refractivity contribution is -1.01. The lowest BCUT2D eigenvalue weighted by Gasteiger charge is -2.45. The van der Waals surface area contributed by atoms with Crippen molar-refractivity contribution in [2.75, 3.05) is 67.5 Å². The third-order valence-corrected chi connectivity index (χ3v) is 8.37. The van der Waals surface area contributed by atoms with Crippen LogP contribution in [0.2, 0.25) is 0 Å². The Balaban J connectivity index is 1.70. The summed E-state index contributed by atoms with van der Waals surface area (Å²) < 4.78 is 29.1. The molecule has 0 atom stereocenters. The van der Waals surface area contributed by atoms with Gasteiger partial charge in [-0.15, -0.1) is 0 Å². The number of piperazine rings is 1. The molecule has 4 nitrogen and oxygen atoms in total. The third kappa shape index (κ3) is 5.56. The van der Waals surface area contributed by atoms with Crippen LogP contribution in [0, 0.1) is 11.6 Å². The number of likely N-dealkylation sites (N-methyl/N-ethyl adjacent to an activating group) is 2. The first kappa shape index (κ1) is 26.5. The zero-order chi connectivity index (χ0) is 25.2. The quantitative estimate of drug-likeness (QED) is 0.506. The predicted octanol–water partition coefficient (Wildman–Crippen LogP) is 5.17. The van der Waals surface area contributed by atoms with Gasteiger partial charge in [0, 0.05) is 5.41 Å². The number of quaternary nitrogens is 3. The number of rotatable bonds is 7. The summed E-state index contributed by atoms with van der Waals surface area (Å²) >= 11 is 0. The summed E-state index contributed by atoms with van der Waals surface area (Å²) in [6, 6.07) is 13.7. The van der Waals surface area contributed by atoms with Crippen LogP contribution in [0.4, 0.5) is 13.6 Å². The summed E-state index contributed by atoms with van der Waals surface area (Å²) in [6.07, 6.45) is 1.86. The molecule has 0 bridgehead atoms. The molecule has 34 heavy (non-hydrogen) atoms. The van der Waals surface area contributed by atoms with Crippen LogP contribution in [0.1, 0.15) is 37.8 Å². The van der Waals surface area contributed by atoms with Gasteiger partial charge >= 0.3 is 6.03 Å². The van der Waals surface area contributed by atoms with E-state index in [4.69, 9.17) is 0 Å². The van der Waals surface area contributed by atoms with E-state index in [0.717, 1.165) is 67.7 Å². The van der Waals surface area contributed by atoms with Crippen molar-refractivity contribution in [1.29, 1.82) is 0 Å². The molecular weight excluding hydrogens is 432 g/mol. The van der Waals surface area contributed by atoms with Crippen molar-refractivity contribution in [2.24, 2.45) is 0 Å². The largest absolute Gasteiger partial charge is 0.513 e. The minimum Gasteiger partial charge on any atom is -0.317 e. The standard InChI is InChI=1S/C28H42F2N3O/c1-7-31(3,4)27(34)33(6)21-19-32(5,20-22-33)18-8-17-28(2,23-9-13-25(29)14-10-23)24-11-15-26(30)16-12-24/h9-16H,7-8,17-22H2,1-6H3/q+3. The van der Waals surface area contributed by atoms with Gasteiger partial charge in [0.15, 0.2) is 0 Å². The number of nitrogens with zero attached hydrogens (tertiary/aromatic N) is 3. The molecule has 0 N–H and O–H groups in total. The zero-order valence-electron chi connectivity index (χ0n) is 21.8. The molecule has 0 unspecified atom stereocenters. The second-order valence-corrected chi connectivity index (χ2v) is 11.4. The summed E-state index contributed by atoms with van der Waals surface area (Å²) in [5.41, 5.74) is 1.74. The Morgan fingerprint density at radius 1 is 0.882 bits per heavy atom. The first-order chi connectivity index (χ1) is 15.8. The molecule has 2 amide bonds. The Labute approximate surface area is 204 Å². The van der Waals surface area contributed by atoms with Gasteiger partial charge in [0.2, 0.25) is 0 Å². The lowest BCUT2D eigenvalue weighted by Crippen LogP contribution is -2.70. The normalized spacial score (nSPS) is 23.6. The molecule has 1 saturated heterocycles. The molecule has 1 fully saturated rings. The third-order valence-electron chi connectivity index (χ3n) is 8.37. The number of carbonyl (C=O) groups excluding carboxylic acids is 1. The first-order valence-corrected chi connectivity index (χ1v) is 12.4. The van der Waals surface area contributed by atoms with E-state index in [-0.39, 0.29) is 23.1 Å². The van der Waals surface area contributed by atoms with Crippen LogP contribution in [0.25, 0.3) is 0 Å².